The minimum absolute atomic E-state index is 0.0677. The molecule has 1 fully saturated rings. The molecule has 1 aromatic heterocycles. The molecule has 18 heavy (non-hydrogen) atoms. The fourth-order valence-electron chi connectivity index (χ4n) is 2.52. The number of nitrogens with zero attached hydrogens (tertiary/aromatic N) is 2. The summed E-state index contributed by atoms with van der Waals surface area (Å²) in [6.07, 6.45) is 7.31. The Labute approximate surface area is 110 Å². The molecule has 0 radical (unpaired) electrons. The van der Waals surface area contributed by atoms with Crippen molar-refractivity contribution in [2.45, 2.75) is 58.2 Å². The largest absolute Gasteiger partial charge is 0.375 e. The van der Waals surface area contributed by atoms with Gasteiger partial charge in [0.25, 0.3) is 0 Å². The summed E-state index contributed by atoms with van der Waals surface area (Å²) in [5.74, 6) is 0. The average Bonchev–Trinajstić information content (AvgIpc) is 2.75. The zero-order valence-electron chi connectivity index (χ0n) is 11.8. The molecule has 102 valence electrons. The second-order valence-corrected chi connectivity index (χ2v) is 5.58. The molecule has 2 heterocycles. The predicted molar refractivity (Wildman–Crippen MR) is 72.6 cm³/mol. The zero-order chi connectivity index (χ0) is 13.0. The molecule has 4 heteroatoms. The molecule has 1 saturated heterocycles. The van der Waals surface area contributed by atoms with E-state index in [0.29, 0.717) is 6.04 Å². The van der Waals surface area contributed by atoms with Gasteiger partial charge in [0.2, 0.25) is 0 Å². The minimum Gasteiger partial charge on any atom is -0.375 e. The number of rotatable bonds is 5. The van der Waals surface area contributed by atoms with Gasteiger partial charge in [-0.15, -0.1) is 0 Å². The molecule has 1 aromatic rings. The molecular formula is C14H25N3O. The van der Waals surface area contributed by atoms with Crippen LogP contribution in [-0.4, -0.2) is 34.6 Å². The van der Waals surface area contributed by atoms with Crippen LogP contribution in [0.2, 0.25) is 0 Å². The van der Waals surface area contributed by atoms with Gasteiger partial charge < -0.3 is 10.1 Å². The summed E-state index contributed by atoms with van der Waals surface area (Å²) >= 11 is 0. The minimum atomic E-state index is 0.0677. The SMILES string of the molecule is CCC1(C)CC(NCCn2cc(C)cn2)CCO1. The molecule has 1 aliphatic rings. The van der Waals surface area contributed by atoms with Crippen LogP contribution < -0.4 is 5.32 Å². The highest BCUT2D eigenvalue weighted by Crippen LogP contribution is 2.27. The van der Waals surface area contributed by atoms with Gasteiger partial charge >= 0.3 is 0 Å². The van der Waals surface area contributed by atoms with Gasteiger partial charge in [0, 0.05) is 25.4 Å². The molecule has 2 unspecified atom stereocenters. The lowest BCUT2D eigenvalue weighted by molar-refractivity contribution is -0.0779. The summed E-state index contributed by atoms with van der Waals surface area (Å²) in [5.41, 5.74) is 1.29. The summed E-state index contributed by atoms with van der Waals surface area (Å²) in [6.45, 7) is 9.29. The van der Waals surface area contributed by atoms with Crippen LogP contribution in [0.4, 0.5) is 0 Å². The average molecular weight is 251 g/mol. The molecule has 0 aromatic carbocycles. The van der Waals surface area contributed by atoms with Crippen molar-refractivity contribution in [1.82, 2.24) is 15.1 Å². The van der Waals surface area contributed by atoms with Crippen LogP contribution >= 0.6 is 0 Å². The molecule has 2 rings (SSSR count). The molecule has 4 nitrogen and oxygen atoms in total. The van der Waals surface area contributed by atoms with E-state index in [-0.39, 0.29) is 5.60 Å². The van der Waals surface area contributed by atoms with Crippen LogP contribution in [0.1, 0.15) is 38.7 Å². The third-order valence-electron chi connectivity index (χ3n) is 3.88. The van der Waals surface area contributed by atoms with E-state index in [1.165, 1.54) is 5.56 Å². The van der Waals surface area contributed by atoms with E-state index in [0.717, 1.165) is 39.0 Å². The van der Waals surface area contributed by atoms with Crippen LogP contribution in [0.25, 0.3) is 0 Å². The molecule has 1 N–H and O–H groups in total. The Hall–Kier alpha value is -0.870. The van der Waals surface area contributed by atoms with E-state index in [1.807, 2.05) is 10.9 Å². The van der Waals surface area contributed by atoms with Crippen LogP contribution in [0.3, 0.4) is 0 Å². The highest BCUT2D eigenvalue weighted by atomic mass is 16.5. The van der Waals surface area contributed by atoms with Gasteiger partial charge in [-0.25, -0.2) is 0 Å². The number of hydrogen-bond donors (Lipinski definition) is 1. The van der Waals surface area contributed by atoms with Crippen molar-refractivity contribution in [2.75, 3.05) is 13.2 Å². The van der Waals surface area contributed by atoms with E-state index in [9.17, 15) is 0 Å². The van der Waals surface area contributed by atoms with Crippen molar-refractivity contribution in [1.29, 1.82) is 0 Å². The quantitative estimate of drug-likeness (QED) is 0.871. The standard InChI is InChI=1S/C14H25N3O/c1-4-14(3)9-13(5-8-18-14)15-6-7-17-11-12(2)10-16-17/h10-11,13,15H,4-9H2,1-3H3. The van der Waals surface area contributed by atoms with E-state index < -0.39 is 0 Å². The summed E-state index contributed by atoms with van der Waals surface area (Å²) in [7, 11) is 0. The Morgan fingerprint density at radius 1 is 1.61 bits per heavy atom. The van der Waals surface area contributed by atoms with Crippen LogP contribution in [0.5, 0.6) is 0 Å². The lowest BCUT2D eigenvalue weighted by atomic mass is 9.90. The normalized spacial score (nSPS) is 28.5. The lowest BCUT2D eigenvalue weighted by Gasteiger charge is -2.38. The summed E-state index contributed by atoms with van der Waals surface area (Å²) in [4.78, 5) is 0. The van der Waals surface area contributed by atoms with E-state index in [1.54, 1.807) is 0 Å². The van der Waals surface area contributed by atoms with E-state index in [2.05, 4.69) is 37.4 Å². The Kier molecular flexibility index (Phi) is 4.40. The Morgan fingerprint density at radius 2 is 2.44 bits per heavy atom. The Bertz CT molecular complexity index is 377. The molecule has 1 aliphatic heterocycles. The molecule has 0 spiro atoms. The Morgan fingerprint density at radius 3 is 3.11 bits per heavy atom. The second kappa shape index (κ2) is 5.85. The molecule has 0 saturated carbocycles. The van der Waals surface area contributed by atoms with Gasteiger partial charge in [-0.2, -0.15) is 5.10 Å². The van der Waals surface area contributed by atoms with Gasteiger partial charge in [-0.05, 0) is 38.7 Å². The molecule has 0 amide bonds. The first-order valence-electron chi connectivity index (χ1n) is 6.98. The zero-order valence-corrected chi connectivity index (χ0v) is 11.8. The maximum Gasteiger partial charge on any atom is 0.0666 e. The van der Waals surface area contributed by atoms with Gasteiger partial charge in [-0.3, -0.25) is 4.68 Å². The summed E-state index contributed by atoms with van der Waals surface area (Å²) in [6, 6.07) is 0.584. The lowest BCUT2D eigenvalue weighted by Crippen LogP contribution is -2.45. The molecule has 0 bridgehead atoms. The first-order valence-corrected chi connectivity index (χ1v) is 6.98. The van der Waals surface area contributed by atoms with Crippen molar-refractivity contribution in [3.8, 4) is 0 Å². The van der Waals surface area contributed by atoms with Gasteiger partial charge in [0.1, 0.15) is 0 Å². The van der Waals surface area contributed by atoms with Crippen molar-refractivity contribution < 1.29 is 4.74 Å². The number of hydrogen-bond acceptors (Lipinski definition) is 3. The topological polar surface area (TPSA) is 39.1 Å². The number of nitrogens with one attached hydrogen (secondary N) is 1. The van der Waals surface area contributed by atoms with Gasteiger partial charge in [0.15, 0.2) is 0 Å². The molecule has 2 atom stereocenters. The monoisotopic (exact) mass is 251 g/mol. The number of aryl methyl sites for hydroxylation is 1. The first kappa shape index (κ1) is 13.6. The third kappa shape index (κ3) is 3.56. The van der Waals surface area contributed by atoms with Crippen molar-refractivity contribution >= 4 is 0 Å². The number of aromatic nitrogens is 2. The smallest absolute Gasteiger partial charge is 0.0666 e. The van der Waals surface area contributed by atoms with Crippen LogP contribution in [-0.2, 0) is 11.3 Å². The van der Waals surface area contributed by atoms with Crippen molar-refractivity contribution in [3.05, 3.63) is 18.0 Å². The highest BCUT2D eigenvalue weighted by molar-refractivity contribution is 4.99. The molecular weight excluding hydrogens is 226 g/mol. The fraction of sp³-hybridized carbons (Fsp3) is 0.786. The van der Waals surface area contributed by atoms with Gasteiger partial charge in [0.05, 0.1) is 18.3 Å². The first-order chi connectivity index (χ1) is 8.61. The van der Waals surface area contributed by atoms with Crippen molar-refractivity contribution in [2.24, 2.45) is 0 Å². The van der Waals surface area contributed by atoms with E-state index in [4.69, 9.17) is 4.74 Å². The predicted octanol–water partition coefficient (Wildman–Crippen LogP) is 2.13. The van der Waals surface area contributed by atoms with Crippen LogP contribution in [0, 0.1) is 6.92 Å². The highest BCUT2D eigenvalue weighted by Gasteiger charge is 2.31. The second-order valence-electron chi connectivity index (χ2n) is 5.58. The summed E-state index contributed by atoms with van der Waals surface area (Å²) < 4.78 is 7.86. The fourth-order valence-corrected chi connectivity index (χ4v) is 2.52. The third-order valence-corrected chi connectivity index (χ3v) is 3.88. The molecule has 0 aliphatic carbocycles. The summed E-state index contributed by atoms with van der Waals surface area (Å²) in [5, 5.41) is 7.92. The number of ether oxygens (including phenoxy) is 1. The maximum absolute atomic E-state index is 5.86. The Balaban J connectivity index is 1.73. The van der Waals surface area contributed by atoms with Crippen LogP contribution in [0.15, 0.2) is 12.4 Å². The van der Waals surface area contributed by atoms with E-state index >= 15 is 0 Å². The van der Waals surface area contributed by atoms with Gasteiger partial charge in [-0.1, -0.05) is 6.92 Å². The van der Waals surface area contributed by atoms with Crippen molar-refractivity contribution in [3.63, 3.8) is 0 Å². The maximum atomic E-state index is 5.86.